The van der Waals surface area contributed by atoms with E-state index in [0.717, 1.165) is 17.7 Å². The number of hydrogen-bond acceptors (Lipinski definition) is 2. The van der Waals surface area contributed by atoms with Crippen LogP contribution >= 0.6 is 0 Å². The Labute approximate surface area is 94.6 Å². The van der Waals surface area contributed by atoms with Crippen LogP contribution in [0.1, 0.15) is 18.9 Å². The van der Waals surface area contributed by atoms with Crippen LogP contribution in [-0.2, 0) is 6.54 Å². The number of ether oxygens (including phenoxy) is 1. The summed E-state index contributed by atoms with van der Waals surface area (Å²) in [6.45, 7) is 2.93. The molecule has 0 saturated carbocycles. The molecule has 0 aromatic heterocycles. The van der Waals surface area contributed by atoms with Gasteiger partial charge < -0.3 is 10.1 Å². The van der Waals surface area contributed by atoms with Crippen LogP contribution < -0.4 is 10.1 Å². The molecule has 1 N–H and O–H groups in total. The molecule has 0 saturated heterocycles. The highest BCUT2D eigenvalue weighted by atomic mass is 19.3. The maximum atomic E-state index is 11.9. The topological polar surface area (TPSA) is 21.3 Å². The van der Waals surface area contributed by atoms with Crippen LogP contribution in [0.3, 0.4) is 0 Å². The zero-order chi connectivity index (χ0) is 11.8. The zero-order valence-corrected chi connectivity index (χ0v) is 9.38. The highest BCUT2D eigenvalue weighted by Gasteiger charge is 2.01. The molecule has 0 amide bonds. The summed E-state index contributed by atoms with van der Waals surface area (Å²) in [5.74, 6) is 0.819. The number of nitrogens with one attached hydrogen (secondary N) is 1. The van der Waals surface area contributed by atoms with Crippen LogP contribution in [0, 0.1) is 0 Å². The first-order valence-electron chi connectivity index (χ1n) is 5.43. The minimum Gasteiger partial charge on any atom is -0.494 e. The van der Waals surface area contributed by atoms with Gasteiger partial charge in [0.25, 0.3) is 6.43 Å². The number of benzene rings is 1. The minimum atomic E-state index is -2.30. The van der Waals surface area contributed by atoms with E-state index in [9.17, 15) is 8.78 Å². The summed E-state index contributed by atoms with van der Waals surface area (Å²) in [6.07, 6.45) is -1.33. The Morgan fingerprint density at radius 2 is 1.94 bits per heavy atom. The van der Waals surface area contributed by atoms with Crippen LogP contribution in [0.4, 0.5) is 8.78 Å². The van der Waals surface area contributed by atoms with Crippen LogP contribution in [0.15, 0.2) is 24.3 Å². The third kappa shape index (κ3) is 5.07. The van der Waals surface area contributed by atoms with Gasteiger partial charge in [-0.3, -0.25) is 0 Å². The summed E-state index contributed by atoms with van der Waals surface area (Å²) < 4.78 is 29.1. The molecule has 0 unspecified atom stereocenters. The first-order valence-corrected chi connectivity index (χ1v) is 5.43. The first-order chi connectivity index (χ1) is 7.72. The monoisotopic (exact) mass is 229 g/mol. The van der Waals surface area contributed by atoms with Crippen molar-refractivity contribution in [1.29, 1.82) is 0 Å². The number of rotatable bonds is 7. The fourth-order valence-corrected chi connectivity index (χ4v) is 1.25. The molecule has 1 rings (SSSR count). The van der Waals surface area contributed by atoms with Crippen LogP contribution in [0.2, 0.25) is 0 Å². The predicted octanol–water partition coefficient (Wildman–Crippen LogP) is 2.83. The van der Waals surface area contributed by atoms with Gasteiger partial charge in [0.2, 0.25) is 0 Å². The Kier molecular flexibility index (Phi) is 5.78. The maximum Gasteiger partial charge on any atom is 0.250 e. The van der Waals surface area contributed by atoms with Gasteiger partial charge in [0.05, 0.1) is 13.2 Å². The van der Waals surface area contributed by atoms with Gasteiger partial charge >= 0.3 is 0 Å². The SMILES string of the molecule is CCCOc1ccc(CNCC(F)F)cc1. The average Bonchev–Trinajstić information content (AvgIpc) is 2.27. The van der Waals surface area contributed by atoms with Gasteiger partial charge in [0, 0.05) is 6.54 Å². The van der Waals surface area contributed by atoms with Crippen molar-refractivity contribution in [2.45, 2.75) is 26.3 Å². The van der Waals surface area contributed by atoms with Crippen molar-refractivity contribution < 1.29 is 13.5 Å². The van der Waals surface area contributed by atoms with Gasteiger partial charge in [0.15, 0.2) is 0 Å². The first kappa shape index (κ1) is 12.9. The maximum absolute atomic E-state index is 11.9. The lowest BCUT2D eigenvalue weighted by molar-refractivity contribution is 0.145. The summed E-state index contributed by atoms with van der Waals surface area (Å²) in [7, 11) is 0. The van der Waals surface area contributed by atoms with Crippen LogP contribution in [-0.4, -0.2) is 19.6 Å². The summed E-state index contributed by atoms with van der Waals surface area (Å²) >= 11 is 0. The third-order valence-electron chi connectivity index (χ3n) is 2.02. The number of alkyl halides is 2. The molecule has 0 spiro atoms. The molecule has 0 aliphatic heterocycles. The van der Waals surface area contributed by atoms with E-state index in [0.29, 0.717) is 13.2 Å². The second-order valence-corrected chi connectivity index (χ2v) is 3.51. The molecule has 0 heterocycles. The lowest BCUT2D eigenvalue weighted by Crippen LogP contribution is -2.20. The van der Waals surface area contributed by atoms with Crippen molar-refractivity contribution in [2.75, 3.05) is 13.2 Å². The van der Waals surface area contributed by atoms with Gasteiger partial charge in [-0.05, 0) is 24.1 Å². The van der Waals surface area contributed by atoms with Gasteiger partial charge in [-0.15, -0.1) is 0 Å². The fourth-order valence-electron chi connectivity index (χ4n) is 1.25. The Morgan fingerprint density at radius 3 is 2.50 bits per heavy atom. The Morgan fingerprint density at radius 1 is 1.25 bits per heavy atom. The van der Waals surface area contributed by atoms with E-state index in [4.69, 9.17) is 4.74 Å². The molecule has 1 aromatic carbocycles. The van der Waals surface area contributed by atoms with Crippen molar-refractivity contribution in [3.05, 3.63) is 29.8 Å². The highest BCUT2D eigenvalue weighted by Crippen LogP contribution is 2.12. The van der Waals surface area contributed by atoms with E-state index in [2.05, 4.69) is 5.32 Å². The van der Waals surface area contributed by atoms with E-state index in [1.54, 1.807) is 0 Å². The number of hydrogen-bond donors (Lipinski definition) is 1. The molecule has 90 valence electrons. The molecular weight excluding hydrogens is 212 g/mol. The molecular formula is C12H17F2NO. The predicted molar refractivity (Wildman–Crippen MR) is 59.9 cm³/mol. The lowest BCUT2D eigenvalue weighted by Gasteiger charge is -2.07. The molecule has 0 bridgehead atoms. The molecule has 0 fully saturated rings. The fraction of sp³-hybridized carbons (Fsp3) is 0.500. The lowest BCUT2D eigenvalue weighted by atomic mass is 10.2. The normalized spacial score (nSPS) is 10.8. The molecule has 0 aliphatic rings. The van der Waals surface area contributed by atoms with Crippen LogP contribution in [0.5, 0.6) is 5.75 Å². The standard InChI is InChI=1S/C12H17F2NO/c1-2-7-16-11-5-3-10(4-6-11)8-15-9-12(13)14/h3-6,12,15H,2,7-9H2,1H3. The van der Waals surface area contributed by atoms with E-state index in [1.165, 1.54) is 0 Å². The van der Waals surface area contributed by atoms with E-state index in [1.807, 2.05) is 31.2 Å². The Hall–Kier alpha value is -1.16. The molecule has 16 heavy (non-hydrogen) atoms. The summed E-state index contributed by atoms with van der Waals surface area (Å²) in [6, 6.07) is 7.47. The Bertz CT molecular complexity index is 288. The average molecular weight is 229 g/mol. The number of halogens is 2. The highest BCUT2D eigenvalue weighted by molar-refractivity contribution is 5.27. The third-order valence-corrected chi connectivity index (χ3v) is 2.02. The van der Waals surface area contributed by atoms with Crippen molar-refractivity contribution in [3.63, 3.8) is 0 Å². The molecule has 0 aliphatic carbocycles. The van der Waals surface area contributed by atoms with Gasteiger partial charge in [-0.1, -0.05) is 19.1 Å². The summed E-state index contributed by atoms with van der Waals surface area (Å²) in [5.41, 5.74) is 0.976. The minimum absolute atomic E-state index is 0.270. The van der Waals surface area contributed by atoms with Crippen molar-refractivity contribution in [2.24, 2.45) is 0 Å². The van der Waals surface area contributed by atoms with E-state index in [-0.39, 0.29) is 6.54 Å². The second kappa shape index (κ2) is 7.17. The molecule has 2 nitrogen and oxygen atoms in total. The van der Waals surface area contributed by atoms with Crippen molar-refractivity contribution >= 4 is 0 Å². The van der Waals surface area contributed by atoms with Crippen LogP contribution in [0.25, 0.3) is 0 Å². The van der Waals surface area contributed by atoms with Gasteiger partial charge in [-0.2, -0.15) is 0 Å². The molecule has 0 radical (unpaired) electrons. The van der Waals surface area contributed by atoms with E-state index >= 15 is 0 Å². The summed E-state index contributed by atoms with van der Waals surface area (Å²) in [5, 5.41) is 2.67. The zero-order valence-electron chi connectivity index (χ0n) is 9.38. The molecule has 1 aromatic rings. The molecule has 0 atom stereocenters. The largest absolute Gasteiger partial charge is 0.494 e. The van der Waals surface area contributed by atoms with Crippen molar-refractivity contribution in [1.82, 2.24) is 5.32 Å². The van der Waals surface area contributed by atoms with Gasteiger partial charge in [0.1, 0.15) is 5.75 Å². The Balaban J connectivity index is 2.33. The second-order valence-electron chi connectivity index (χ2n) is 3.51. The van der Waals surface area contributed by atoms with Gasteiger partial charge in [-0.25, -0.2) is 8.78 Å². The molecule has 4 heteroatoms. The smallest absolute Gasteiger partial charge is 0.250 e. The van der Waals surface area contributed by atoms with Crippen molar-refractivity contribution in [3.8, 4) is 5.75 Å². The summed E-state index contributed by atoms with van der Waals surface area (Å²) in [4.78, 5) is 0. The van der Waals surface area contributed by atoms with E-state index < -0.39 is 6.43 Å². The quantitative estimate of drug-likeness (QED) is 0.776.